The maximum absolute atomic E-state index is 5.53. The molecular weight excluding hydrogens is 248 g/mol. The zero-order chi connectivity index (χ0) is 14.6. The smallest absolute Gasteiger partial charge is 0.0594 e. The second-order valence-corrected chi connectivity index (χ2v) is 7.14. The van der Waals surface area contributed by atoms with Gasteiger partial charge < -0.3 is 10.1 Å². The van der Waals surface area contributed by atoms with Gasteiger partial charge in [-0.2, -0.15) is 0 Å². The lowest BCUT2D eigenvalue weighted by Gasteiger charge is -2.50. The van der Waals surface area contributed by atoms with Crippen LogP contribution in [0.15, 0.2) is 0 Å². The Bertz CT molecular complexity index is 287. The zero-order valence-corrected chi connectivity index (χ0v) is 14.0. The van der Waals surface area contributed by atoms with Crippen molar-refractivity contribution in [3.05, 3.63) is 0 Å². The van der Waals surface area contributed by atoms with E-state index in [2.05, 4.69) is 38.0 Å². The molecule has 2 rings (SSSR count). The molecule has 0 radical (unpaired) electrons. The number of likely N-dealkylation sites (N-methyl/N-ethyl adjacent to an activating group) is 1. The molecule has 0 spiro atoms. The van der Waals surface area contributed by atoms with Gasteiger partial charge in [0.2, 0.25) is 0 Å². The minimum absolute atomic E-state index is 0.216. The lowest BCUT2D eigenvalue weighted by atomic mass is 9.69. The summed E-state index contributed by atoms with van der Waals surface area (Å²) in [5.74, 6) is 1.73. The van der Waals surface area contributed by atoms with E-state index in [1.807, 2.05) is 0 Å². The highest BCUT2D eigenvalue weighted by Gasteiger charge is 2.42. The van der Waals surface area contributed by atoms with Crippen LogP contribution in [0, 0.1) is 11.8 Å². The zero-order valence-electron chi connectivity index (χ0n) is 14.0. The Hall–Kier alpha value is -0.120. The average molecular weight is 282 g/mol. The number of morpholine rings is 1. The average Bonchev–Trinajstić information content (AvgIpc) is 2.49. The minimum atomic E-state index is 0.216. The van der Waals surface area contributed by atoms with Crippen LogP contribution in [0.25, 0.3) is 0 Å². The van der Waals surface area contributed by atoms with Crippen molar-refractivity contribution in [3.8, 4) is 0 Å². The fraction of sp³-hybridized carbons (Fsp3) is 1.00. The Balaban J connectivity index is 2.11. The molecule has 2 aliphatic rings. The van der Waals surface area contributed by atoms with Crippen LogP contribution >= 0.6 is 0 Å². The Morgan fingerprint density at radius 3 is 2.45 bits per heavy atom. The summed E-state index contributed by atoms with van der Waals surface area (Å²) in [6, 6.07) is 0.589. The first kappa shape index (κ1) is 16.3. The van der Waals surface area contributed by atoms with E-state index in [-0.39, 0.29) is 5.54 Å². The molecule has 0 bridgehead atoms. The van der Waals surface area contributed by atoms with Gasteiger partial charge >= 0.3 is 0 Å². The summed E-state index contributed by atoms with van der Waals surface area (Å²) in [5, 5.41) is 3.69. The summed E-state index contributed by atoms with van der Waals surface area (Å²) in [7, 11) is 2.16. The van der Waals surface area contributed by atoms with Gasteiger partial charge in [0.15, 0.2) is 0 Å². The van der Waals surface area contributed by atoms with Crippen molar-refractivity contribution >= 4 is 0 Å². The molecule has 2 fully saturated rings. The van der Waals surface area contributed by atoms with Crippen LogP contribution < -0.4 is 5.32 Å². The van der Waals surface area contributed by atoms with E-state index in [4.69, 9.17) is 4.74 Å². The third kappa shape index (κ3) is 3.37. The van der Waals surface area contributed by atoms with Gasteiger partial charge in [-0.1, -0.05) is 32.6 Å². The summed E-state index contributed by atoms with van der Waals surface area (Å²) in [6.45, 7) is 11.2. The van der Waals surface area contributed by atoms with Crippen molar-refractivity contribution in [3.63, 3.8) is 0 Å². The van der Waals surface area contributed by atoms with Gasteiger partial charge in [0, 0.05) is 24.7 Å². The fourth-order valence-electron chi connectivity index (χ4n) is 4.61. The van der Waals surface area contributed by atoms with Crippen LogP contribution in [0.3, 0.4) is 0 Å². The molecule has 3 heteroatoms. The molecule has 0 aromatic heterocycles. The number of hydrogen-bond donors (Lipinski definition) is 1. The Kier molecular flexibility index (Phi) is 5.88. The molecule has 1 aliphatic heterocycles. The molecule has 3 atom stereocenters. The van der Waals surface area contributed by atoms with Crippen molar-refractivity contribution in [1.82, 2.24) is 10.2 Å². The standard InChI is InChI=1S/C17H34N2O/c1-5-14-8-6-7-9-15(14)16(18-4)17(2,3)19-10-12-20-13-11-19/h14-16,18H,5-13H2,1-4H3. The molecule has 1 N–H and O–H groups in total. The van der Waals surface area contributed by atoms with Crippen LogP contribution in [-0.2, 0) is 4.74 Å². The van der Waals surface area contributed by atoms with Crippen LogP contribution in [-0.4, -0.2) is 49.8 Å². The van der Waals surface area contributed by atoms with E-state index in [0.717, 1.165) is 38.1 Å². The van der Waals surface area contributed by atoms with Crippen LogP contribution in [0.1, 0.15) is 52.9 Å². The SMILES string of the molecule is CCC1CCCCC1C(NC)C(C)(C)N1CCOCC1. The fourth-order valence-corrected chi connectivity index (χ4v) is 4.61. The van der Waals surface area contributed by atoms with Gasteiger partial charge in [-0.3, -0.25) is 4.90 Å². The molecule has 20 heavy (non-hydrogen) atoms. The molecule has 3 unspecified atom stereocenters. The number of nitrogens with one attached hydrogen (secondary N) is 1. The second-order valence-electron chi connectivity index (χ2n) is 7.14. The minimum Gasteiger partial charge on any atom is -0.379 e. The Labute approximate surface area is 125 Å². The number of ether oxygens (including phenoxy) is 1. The first-order valence-electron chi connectivity index (χ1n) is 8.61. The van der Waals surface area contributed by atoms with Crippen molar-refractivity contribution in [2.24, 2.45) is 11.8 Å². The van der Waals surface area contributed by atoms with E-state index in [1.165, 1.54) is 32.1 Å². The van der Waals surface area contributed by atoms with Crippen LogP contribution in [0.4, 0.5) is 0 Å². The Morgan fingerprint density at radius 2 is 1.85 bits per heavy atom. The normalized spacial score (nSPS) is 31.2. The number of rotatable bonds is 5. The lowest BCUT2D eigenvalue weighted by molar-refractivity contribution is -0.0389. The molecule has 0 aromatic carbocycles. The highest BCUT2D eigenvalue weighted by atomic mass is 16.5. The molecule has 1 aliphatic carbocycles. The van der Waals surface area contributed by atoms with E-state index >= 15 is 0 Å². The maximum Gasteiger partial charge on any atom is 0.0594 e. The van der Waals surface area contributed by atoms with Crippen LogP contribution in [0.5, 0.6) is 0 Å². The molecule has 3 nitrogen and oxygen atoms in total. The van der Waals surface area contributed by atoms with Gasteiger partial charge in [-0.05, 0) is 39.2 Å². The number of nitrogens with zero attached hydrogens (tertiary/aromatic N) is 1. The van der Waals surface area contributed by atoms with E-state index in [9.17, 15) is 0 Å². The predicted octanol–water partition coefficient (Wildman–Crippen LogP) is 2.90. The molecule has 1 saturated heterocycles. The summed E-state index contributed by atoms with van der Waals surface area (Å²) >= 11 is 0. The van der Waals surface area contributed by atoms with E-state index < -0.39 is 0 Å². The predicted molar refractivity (Wildman–Crippen MR) is 85.1 cm³/mol. The second kappa shape index (κ2) is 7.24. The first-order chi connectivity index (χ1) is 9.61. The summed E-state index contributed by atoms with van der Waals surface area (Å²) in [5.41, 5.74) is 0.216. The van der Waals surface area contributed by atoms with Gasteiger partial charge in [-0.15, -0.1) is 0 Å². The molecular formula is C17H34N2O. The molecule has 0 amide bonds. The molecule has 1 heterocycles. The first-order valence-corrected chi connectivity index (χ1v) is 8.61. The van der Waals surface area contributed by atoms with Gasteiger partial charge in [0.1, 0.15) is 0 Å². The largest absolute Gasteiger partial charge is 0.379 e. The van der Waals surface area contributed by atoms with Gasteiger partial charge in [0.05, 0.1) is 13.2 Å². The third-order valence-electron chi connectivity index (χ3n) is 5.82. The molecule has 118 valence electrons. The van der Waals surface area contributed by atoms with Crippen molar-refractivity contribution < 1.29 is 4.74 Å². The lowest BCUT2D eigenvalue weighted by Crippen LogP contribution is -2.63. The van der Waals surface area contributed by atoms with Crippen molar-refractivity contribution in [2.75, 3.05) is 33.4 Å². The molecule has 0 aromatic rings. The van der Waals surface area contributed by atoms with E-state index in [0.29, 0.717) is 6.04 Å². The summed E-state index contributed by atoms with van der Waals surface area (Å²) in [4.78, 5) is 2.64. The summed E-state index contributed by atoms with van der Waals surface area (Å²) in [6.07, 6.45) is 7.01. The van der Waals surface area contributed by atoms with Crippen LogP contribution in [0.2, 0.25) is 0 Å². The van der Waals surface area contributed by atoms with Gasteiger partial charge in [-0.25, -0.2) is 0 Å². The summed E-state index contributed by atoms with van der Waals surface area (Å²) < 4.78 is 5.53. The van der Waals surface area contributed by atoms with Crippen molar-refractivity contribution in [1.29, 1.82) is 0 Å². The monoisotopic (exact) mass is 282 g/mol. The van der Waals surface area contributed by atoms with Crippen molar-refractivity contribution in [2.45, 2.75) is 64.5 Å². The quantitative estimate of drug-likeness (QED) is 0.839. The highest BCUT2D eigenvalue weighted by Crippen LogP contribution is 2.39. The highest BCUT2D eigenvalue weighted by molar-refractivity contribution is 4.99. The number of hydrogen-bond acceptors (Lipinski definition) is 3. The molecule has 1 saturated carbocycles. The Morgan fingerprint density at radius 1 is 1.20 bits per heavy atom. The third-order valence-corrected chi connectivity index (χ3v) is 5.82. The van der Waals surface area contributed by atoms with Gasteiger partial charge in [0.25, 0.3) is 0 Å². The maximum atomic E-state index is 5.53. The topological polar surface area (TPSA) is 24.5 Å². The van der Waals surface area contributed by atoms with E-state index in [1.54, 1.807) is 0 Å².